The molecule has 0 fully saturated rings. The number of aromatic nitrogens is 1. The van der Waals surface area contributed by atoms with E-state index in [1.54, 1.807) is 0 Å². The van der Waals surface area contributed by atoms with Crippen molar-refractivity contribution in [2.75, 3.05) is 14.2 Å². The molecule has 156 valence electrons. The number of hydrogen-bond acceptors (Lipinski definition) is 4. The smallest absolute Gasteiger partial charge is 0.323 e. The second-order valence-corrected chi connectivity index (χ2v) is 7.91. The van der Waals surface area contributed by atoms with E-state index in [1.165, 1.54) is 38.0 Å². The van der Waals surface area contributed by atoms with Gasteiger partial charge in [0.25, 0.3) is 0 Å². The molecule has 0 aliphatic heterocycles. The van der Waals surface area contributed by atoms with Crippen LogP contribution in [0.5, 0.6) is 0 Å². The van der Waals surface area contributed by atoms with E-state index >= 15 is 0 Å². The topological polar surface area (TPSA) is 57.5 Å². The van der Waals surface area contributed by atoms with Crippen molar-refractivity contribution in [1.29, 1.82) is 0 Å². The fourth-order valence-corrected chi connectivity index (χ4v) is 4.66. The highest BCUT2D eigenvalue weighted by molar-refractivity contribution is 6.01. The molecular weight excluding hydrogens is 366 g/mol. The van der Waals surface area contributed by atoms with E-state index < -0.39 is 17.4 Å². The molecule has 5 nitrogen and oxygen atoms in total. The maximum Gasteiger partial charge on any atom is 0.323 e. The molecule has 0 radical (unpaired) electrons. The summed E-state index contributed by atoms with van der Waals surface area (Å²) < 4.78 is 12.3. The number of ether oxygens (including phenoxy) is 2. The van der Waals surface area contributed by atoms with Crippen LogP contribution in [-0.4, -0.2) is 30.7 Å². The van der Waals surface area contributed by atoms with E-state index in [4.69, 9.17) is 9.47 Å². The van der Waals surface area contributed by atoms with Crippen molar-refractivity contribution < 1.29 is 19.1 Å². The first-order valence-electron chi connectivity index (χ1n) is 10.4. The average molecular weight is 398 g/mol. The zero-order valence-corrected chi connectivity index (χ0v) is 17.9. The maximum absolute atomic E-state index is 12.8. The zero-order chi connectivity index (χ0) is 21.0. The number of carbonyl (C=O) groups is 2. The molecule has 5 heteroatoms. The number of esters is 2. The second kappa shape index (κ2) is 8.85. The van der Waals surface area contributed by atoms with Crippen LogP contribution in [0.25, 0.3) is 10.9 Å². The molecular formula is C24H31NO4. The number of para-hydroxylation sites is 1. The third kappa shape index (κ3) is 3.70. The van der Waals surface area contributed by atoms with Gasteiger partial charge >= 0.3 is 11.9 Å². The molecule has 1 aromatic heterocycles. The molecule has 0 saturated heterocycles. The van der Waals surface area contributed by atoms with Gasteiger partial charge < -0.3 is 14.0 Å². The number of methoxy groups -OCH3 is 2. The number of aryl methyl sites for hydroxylation is 1. The average Bonchev–Trinajstić information content (AvgIpc) is 3.04. The van der Waals surface area contributed by atoms with Crippen LogP contribution in [0.4, 0.5) is 0 Å². The molecule has 1 heterocycles. The number of unbranched alkanes of at least 4 members (excludes halogenated alkanes) is 3. The van der Waals surface area contributed by atoms with E-state index in [-0.39, 0.29) is 12.3 Å². The fraction of sp³-hybridized carbons (Fsp3) is 0.500. The van der Waals surface area contributed by atoms with Gasteiger partial charge in [0.05, 0.1) is 14.2 Å². The third-order valence-corrected chi connectivity index (χ3v) is 6.17. The lowest BCUT2D eigenvalue weighted by Gasteiger charge is -2.36. The van der Waals surface area contributed by atoms with Gasteiger partial charge in [-0.25, -0.2) is 0 Å². The van der Waals surface area contributed by atoms with E-state index in [0.29, 0.717) is 6.42 Å². The number of carbonyl (C=O) groups excluding carboxylic acids is 2. The SMILES string of the molecule is CCCCC/C=C\C1CC(C(=O)OC)(C(=O)OC)Cc2c1c1ccccc1n2C. The Balaban J connectivity index is 2.12. The zero-order valence-electron chi connectivity index (χ0n) is 17.9. The van der Waals surface area contributed by atoms with Crippen LogP contribution in [-0.2, 0) is 32.5 Å². The summed E-state index contributed by atoms with van der Waals surface area (Å²) in [6.07, 6.45) is 9.51. The van der Waals surface area contributed by atoms with Gasteiger partial charge in [-0.2, -0.15) is 0 Å². The first-order valence-corrected chi connectivity index (χ1v) is 10.4. The Bertz CT molecular complexity index is 908. The molecule has 1 unspecified atom stereocenters. The second-order valence-electron chi connectivity index (χ2n) is 7.91. The summed E-state index contributed by atoms with van der Waals surface area (Å²) in [5, 5.41) is 1.18. The lowest BCUT2D eigenvalue weighted by atomic mass is 9.68. The third-order valence-electron chi connectivity index (χ3n) is 6.17. The Hall–Kier alpha value is -2.56. The van der Waals surface area contributed by atoms with Crippen LogP contribution in [0.2, 0.25) is 0 Å². The number of fused-ring (bicyclic) bond motifs is 3. The van der Waals surface area contributed by atoms with Gasteiger partial charge in [0.15, 0.2) is 5.41 Å². The molecule has 3 rings (SSSR count). The Morgan fingerprint density at radius 1 is 1.17 bits per heavy atom. The van der Waals surface area contributed by atoms with Crippen molar-refractivity contribution in [3.05, 3.63) is 47.7 Å². The van der Waals surface area contributed by atoms with E-state index in [2.05, 4.69) is 35.8 Å². The lowest BCUT2D eigenvalue weighted by molar-refractivity contribution is -0.170. The molecule has 0 saturated carbocycles. The highest BCUT2D eigenvalue weighted by Gasteiger charge is 2.53. The number of nitrogens with zero attached hydrogens (tertiary/aromatic N) is 1. The molecule has 29 heavy (non-hydrogen) atoms. The Kier molecular flexibility index (Phi) is 6.46. The van der Waals surface area contributed by atoms with Crippen LogP contribution in [0, 0.1) is 5.41 Å². The van der Waals surface area contributed by atoms with Gasteiger partial charge in [0.2, 0.25) is 0 Å². The van der Waals surface area contributed by atoms with E-state index in [1.807, 2.05) is 19.2 Å². The van der Waals surface area contributed by atoms with E-state index in [9.17, 15) is 9.59 Å². The standard InChI is InChI=1S/C24H31NO4/c1-5-6-7-8-9-12-17-15-24(22(26)28-3,23(27)29-4)16-20-21(17)18-13-10-11-14-19(18)25(20)2/h9-14,17H,5-8,15-16H2,1-4H3/b12-9-. The Morgan fingerprint density at radius 2 is 1.86 bits per heavy atom. The number of rotatable bonds is 7. The summed E-state index contributed by atoms with van der Waals surface area (Å²) in [5.74, 6) is -1.10. The molecule has 1 atom stereocenters. The summed E-state index contributed by atoms with van der Waals surface area (Å²) in [5.41, 5.74) is 1.99. The first kappa shape index (κ1) is 21.2. The van der Waals surface area contributed by atoms with Crippen molar-refractivity contribution >= 4 is 22.8 Å². The minimum Gasteiger partial charge on any atom is -0.468 e. The minimum absolute atomic E-state index is 0.0512. The lowest BCUT2D eigenvalue weighted by Crippen LogP contribution is -2.46. The van der Waals surface area contributed by atoms with Crippen LogP contribution in [0.3, 0.4) is 0 Å². The molecule has 0 N–H and O–H groups in total. The fourth-order valence-electron chi connectivity index (χ4n) is 4.66. The summed E-state index contributed by atoms with van der Waals surface area (Å²) >= 11 is 0. The largest absolute Gasteiger partial charge is 0.468 e. The predicted octanol–water partition coefficient (Wildman–Crippen LogP) is 4.68. The minimum atomic E-state index is -1.32. The van der Waals surface area contributed by atoms with Crippen LogP contribution in [0.1, 0.15) is 56.2 Å². The van der Waals surface area contributed by atoms with Crippen LogP contribution in [0.15, 0.2) is 36.4 Å². The Labute approximate surface area is 172 Å². The predicted molar refractivity (Wildman–Crippen MR) is 114 cm³/mol. The Morgan fingerprint density at radius 3 is 2.52 bits per heavy atom. The number of hydrogen-bond donors (Lipinski definition) is 0. The van der Waals surface area contributed by atoms with Crippen LogP contribution < -0.4 is 0 Å². The molecule has 1 aromatic carbocycles. The highest BCUT2D eigenvalue weighted by atomic mass is 16.5. The van der Waals surface area contributed by atoms with Crippen molar-refractivity contribution in [2.45, 2.75) is 51.4 Å². The molecule has 1 aliphatic rings. The van der Waals surface area contributed by atoms with Gasteiger partial charge in [-0.05, 0) is 30.9 Å². The molecule has 2 aromatic rings. The maximum atomic E-state index is 12.8. The number of allylic oxidation sites excluding steroid dienone is 2. The van der Waals surface area contributed by atoms with Gasteiger partial charge in [0, 0.05) is 36.0 Å². The van der Waals surface area contributed by atoms with E-state index in [0.717, 1.165) is 24.1 Å². The normalized spacial score (nSPS) is 18.0. The van der Waals surface area contributed by atoms with Gasteiger partial charge in [-0.3, -0.25) is 9.59 Å². The van der Waals surface area contributed by atoms with Crippen molar-refractivity contribution in [1.82, 2.24) is 4.57 Å². The first-order chi connectivity index (χ1) is 14.0. The van der Waals surface area contributed by atoms with Crippen molar-refractivity contribution in [2.24, 2.45) is 12.5 Å². The summed E-state index contributed by atoms with van der Waals surface area (Å²) in [7, 11) is 4.66. The van der Waals surface area contributed by atoms with Gasteiger partial charge in [-0.15, -0.1) is 0 Å². The van der Waals surface area contributed by atoms with Crippen molar-refractivity contribution in [3.63, 3.8) is 0 Å². The molecule has 0 bridgehead atoms. The van der Waals surface area contributed by atoms with Crippen LogP contribution >= 0.6 is 0 Å². The van der Waals surface area contributed by atoms with Crippen molar-refractivity contribution in [3.8, 4) is 0 Å². The monoisotopic (exact) mass is 397 g/mol. The van der Waals surface area contributed by atoms with Gasteiger partial charge in [-0.1, -0.05) is 50.1 Å². The highest BCUT2D eigenvalue weighted by Crippen LogP contribution is 2.48. The molecule has 1 aliphatic carbocycles. The molecule has 0 amide bonds. The van der Waals surface area contributed by atoms with Gasteiger partial charge in [0.1, 0.15) is 0 Å². The number of benzene rings is 1. The summed E-state index contributed by atoms with van der Waals surface area (Å²) in [4.78, 5) is 25.7. The quantitative estimate of drug-likeness (QED) is 0.295. The summed E-state index contributed by atoms with van der Waals surface area (Å²) in [6, 6.07) is 8.24. The molecule has 0 spiro atoms. The summed E-state index contributed by atoms with van der Waals surface area (Å²) in [6.45, 7) is 2.19.